The molecule has 1 rings (SSSR count). The quantitative estimate of drug-likeness (QED) is 0.743. The maximum absolute atomic E-state index is 11.9. The molecule has 0 aliphatic heterocycles. The summed E-state index contributed by atoms with van der Waals surface area (Å²) in [5.41, 5.74) is 0.993. The number of rotatable bonds is 7. The van der Waals surface area contributed by atoms with Crippen LogP contribution in [0.1, 0.15) is 40.5 Å². The molecule has 0 bridgehead atoms. The van der Waals surface area contributed by atoms with E-state index in [4.69, 9.17) is 4.74 Å². The fraction of sp³-hybridized carbons (Fsp3) is 0.444. The predicted molar refractivity (Wildman–Crippen MR) is 92.6 cm³/mol. The van der Waals surface area contributed by atoms with E-state index in [-0.39, 0.29) is 11.3 Å². The molecule has 0 heterocycles. The summed E-state index contributed by atoms with van der Waals surface area (Å²) in [5, 5.41) is 5.45. The number of amides is 2. The van der Waals surface area contributed by atoms with Crippen LogP contribution in [0.4, 0.5) is 10.5 Å². The lowest BCUT2D eigenvalue weighted by atomic mass is 9.88. The van der Waals surface area contributed by atoms with Gasteiger partial charge in [-0.3, -0.25) is 4.79 Å². The van der Waals surface area contributed by atoms with Crippen LogP contribution >= 0.6 is 0 Å². The van der Waals surface area contributed by atoms with Gasteiger partial charge in [0.15, 0.2) is 0 Å². The molecule has 0 saturated heterocycles. The third kappa shape index (κ3) is 7.00. The minimum absolute atomic E-state index is 0.0328. The molecule has 126 valence electrons. The lowest BCUT2D eigenvalue weighted by Crippen LogP contribution is -2.35. The van der Waals surface area contributed by atoms with E-state index in [9.17, 15) is 9.59 Å². The molecule has 5 nitrogen and oxygen atoms in total. The topological polar surface area (TPSA) is 67.4 Å². The highest BCUT2D eigenvalue weighted by Gasteiger charge is 2.18. The lowest BCUT2D eigenvalue weighted by molar-refractivity contribution is -0.112. The van der Waals surface area contributed by atoms with E-state index < -0.39 is 6.09 Å². The van der Waals surface area contributed by atoms with Crippen molar-refractivity contribution in [1.82, 2.24) is 5.32 Å². The largest absolute Gasteiger partial charge is 0.412 e. The van der Waals surface area contributed by atoms with Crippen LogP contribution in [-0.2, 0) is 4.79 Å². The smallest absolute Gasteiger partial charge is 0.410 e. The van der Waals surface area contributed by atoms with Gasteiger partial charge in [0.2, 0.25) is 0 Å². The van der Waals surface area contributed by atoms with E-state index in [0.29, 0.717) is 23.6 Å². The van der Waals surface area contributed by atoms with Gasteiger partial charge in [-0.15, -0.1) is 0 Å². The Balaban J connectivity index is 2.58. The van der Waals surface area contributed by atoms with Crippen molar-refractivity contribution >= 4 is 17.7 Å². The van der Waals surface area contributed by atoms with Crippen LogP contribution in [0.5, 0.6) is 5.75 Å². The number of benzene rings is 1. The Morgan fingerprint density at radius 2 is 2.00 bits per heavy atom. The first-order valence-electron chi connectivity index (χ1n) is 7.76. The number of hydrogen-bond donors (Lipinski definition) is 2. The Morgan fingerprint density at radius 1 is 1.30 bits per heavy atom. The van der Waals surface area contributed by atoms with Crippen molar-refractivity contribution in [2.75, 3.05) is 11.9 Å². The summed E-state index contributed by atoms with van der Waals surface area (Å²) >= 11 is 0. The van der Waals surface area contributed by atoms with Gasteiger partial charge in [0.05, 0.1) is 0 Å². The van der Waals surface area contributed by atoms with E-state index in [1.807, 2.05) is 0 Å². The van der Waals surface area contributed by atoms with Crippen LogP contribution < -0.4 is 15.4 Å². The van der Waals surface area contributed by atoms with Crippen LogP contribution in [-0.4, -0.2) is 18.5 Å². The molecule has 2 amide bonds. The molecule has 0 spiro atoms. The highest BCUT2D eigenvalue weighted by molar-refractivity contribution is 6.02. The minimum atomic E-state index is -0.502. The third-order valence-electron chi connectivity index (χ3n) is 3.33. The van der Waals surface area contributed by atoms with E-state index in [1.165, 1.54) is 0 Å². The Morgan fingerprint density at radius 3 is 2.61 bits per heavy atom. The number of nitrogens with one attached hydrogen (secondary N) is 2. The maximum atomic E-state index is 11.9. The van der Waals surface area contributed by atoms with E-state index in [2.05, 4.69) is 38.0 Å². The zero-order valence-corrected chi connectivity index (χ0v) is 14.4. The maximum Gasteiger partial charge on any atom is 0.412 e. The van der Waals surface area contributed by atoms with Crippen LogP contribution in [0.2, 0.25) is 0 Å². The summed E-state index contributed by atoms with van der Waals surface area (Å²) in [4.78, 5) is 23.5. The molecule has 0 fully saturated rings. The highest BCUT2D eigenvalue weighted by Crippen LogP contribution is 2.21. The summed E-state index contributed by atoms with van der Waals surface area (Å²) in [6, 6.07) is 6.68. The zero-order valence-electron chi connectivity index (χ0n) is 14.4. The van der Waals surface area contributed by atoms with E-state index in [0.717, 1.165) is 12.8 Å². The van der Waals surface area contributed by atoms with Crippen molar-refractivity contribution in [3.63, 3.8) is 0 Å². The molecule has 0 aliphatic carbocycles. The standard InChI is InChI=1S/C18H26N2O3/c1-6-10-18(4,5)12-19-17(22)23-15-9-7-8-14(11-15)20-16(21)13(2)3/h7-9,11H,2,6,10,12H2,1,3-5H3,(H,19,22)(H,20,21). The molecule has 0 unspecified atom stereocenters. The molecule has 23 heavy (non-hydrogen) atoms. The fourth-order valence-electron chi connectivity index (χ4n) is 2.09. The average Bonchev–Trinajstić information content (AvgIpc) is 2.45. The molecular weight excluding hydrogens is 292 g/mol. The van der Waals surface area contributed by atoms with Gasteiger partial charge in [0.1, 0.15) is 5.75 Å². The number of carbonyl (C=O) groups is 2. The predicted octanol–water partition coefficient (Wildman–Crippen LogP) is 4.12. The number of anilines is 1. The van der Waals surface area contributed by atoms with Gasteiger partial charge < -0.3 is 15.4 Å². The molecule has 0 atom stereocenters. The van der Waals surface area contributed by atoms with Crippen LogP contribution in [0.25, 0.3) is 0 Å². The minimum Gasteiger partial charge on any atom is -0.410 e. The molecular formula is C18H26N2O3. The SMILES string of the molecule is C=C(C)C(=O)Nc1cccc(OC(=O)NCC(C)(C)CCC)c1. The monoisotopic (exact) mass is 318 g/mol. The molecule has 0 saturated carbocycles. The lowest BCUT2D eigenvalue weighted by Gasteiger charge is -2.23. The summed E-state index contributed by atoms with van der Waals surface area (Å²) < 4.78 is 5.25. The van der Waals surface area contributed by atoms with Crippen molar-refractivity contribution < 1.29 is 14.3 Å². The molecule has 2 N–H and O–H groups in total. The number of carbonyl (C=O) groups excluding carboxylic acids is 2. The summed E-state index contributed by atoms with van der Waals surface area (Å²) in [5.74, 6) is 0.100. The van der Waals surface area contributed by atoms with Crippen LogP contribution in [0.15, 0.2) is 36.4 Å². The third-order valence-corrected chi connectivity index (χ3v) is 3.33. The number of ether oxygens (including phenoxy) is 1. The fourth-order valence-corrected chi connectivity index (χ4v) is 2.09. The van der Waals surface area contributed by atoms with Gasteiger partial charge in [-0.05, 0) is 30.9 Å². The first-order chi connectivity index (χ1) is 10.7. The van der Waals surface area contributed by atoms with Crippen molar-refractivity contribution in [3.05, 3.63) is 36.4 Å². The summed E-state index contributed by atoms with van der Waals surface area (Å²) in [6.07, 6.45) is 1.58. The van der Waals surface area contributed by atoms with Crippen LogP contribution in [0.3, 0.4) is 0 Å². The van der Waals surface area contributed by atoms with Crippen molar-refractivity contribution in [1.29, 1.82) is 0 Å². The number of hydrogen-bond acceptors (Lipinski definition) is 3. The molecule has 0 aliphatic rings. The molecule has 0 radical (unpaired) electrons. The molecule has 0 aromatic heterocycles. The van der Waals surface area contributed by atoms with Gasteiger partial charge in [-0.2, -0.15) is 0 Å². The Hall–Kier alpha value is -2.30. The van der Waals surface area contributed by atoms with Gasteiger partial charge >= 0.3 is 6.09 Å². The van der Waals surface area contributed by atoms with Crippen molar-refractivity contribution in [2.24, 2.45) is 5.41 Å². The van der Waals surface area contributed by atoms with E-state index in [1.54, 1.807) is 31.2 Å². The first-order valence-corrected chi connectivity index (χ1v) is 7.76. The van der Waals surface area contributed by atoms with Gasteiger partial charge in [-0.1, -0.05) is 39.8 Å². The molecule has 5 heteroatoms. The molecule has 1 aromatic carbocycles. The summed E-state index contributed by atoms with van der Waals surface area (Å²) in [7, 11) is 0. The highest BCUT2D eigenvalue weighted by atomic mass is 16.6. The molecule has 1 aromatic rings. The second-order valence-electron chi connectivity index (χ2n) is 6.42. The van der Waals surface area contributed by atoms with Gasteiger partial charge in [-0.25, -0.2) is 4.79 Å². The van der Waals surface area contributed by atoms with E-state index >= 15 is 0 Å². The van der Waals surface area contributed by atoms with Gasteiger partial charge in [0, 0.05) is 23.9 Å². The Bertz CT molecular complexity index is 579. The average molecular weight is 318 g/mol. The van der Waals surface area contributed by atoms with Crippen LogP contribution in [0, 0.1) is 5.41 Å². The Labute approximate surface area is 138 Å². The first kappa shape index (κ1) is 18.7. The zero-order chi connectivity index (χ0) is 17.5. The second kappa shape index (κ2) is 8.36. The second-order valence-corrected chi connectivity index (χ2v) is 6.42. The van der Waals surface area contributed by atoms with Crippen molar-refractivity contribution in [2.45, 2.75) is 40.5 Å². The normalized spacial score (nSPS) is 10.8. The summed E-state index contributed by atoms with van der Waals surface area (Å²) in [6.45, 7) is 12.1. The van der Waals surface area contributed by atoms with Gasteiger partial charge in [0.25, 0.3) is 5.91 Å². The van der Waals surface area contributed by atoms with Crippen molar-refractivity contribution in [3.8, 4) is 5.75 Å². The Kier molecular flexibility index (Phi) is 6.82.